The second-order valence-electron chi connectivity index (χ2n) is 10.7. The summed E-state index contributed by atoms with van der Waals surface area (Å²) in [6, 6.07) is 18.0. The Bertz CT molecular complexity index is 1630. The smallest absolute Gasteiger partial charge is 0.218 e. The van der Waals surface area contributed by atoms with Crippen molar-refractivity contribution in [1.29, 1.82) is 0 Å². The molecule has 224 valence electrons. The van der Waals surface area contributed by atoms with Gasteiger partial charge in [-0.2, -0.15) is 0 Å². The molecule has 10 heteroatoms. The van der Waals surface area contributed by atoms with Gasteiger partial charge in [-0.25, -0.2) is 4.98 Å². The molecule has 4 aromatic rings. The maximum atomic E-state index is 11.3. The maximum absolute atomic E-state index is 11.3. The van der Waals surface area contributed by atoms with Crippen molar-refractivity contribution in [1.82, 2.24) is 25.9 Å². The highest BCUT2D eigenvalue weighted by atomic mass is 35.5. The Kier molecular flexibility index (Phi) is 9.82. The van der Waals surface area contributed by atoms with E-state index in [1.807, 2.05) is 43.3 Å². The van der Waals surface area contributed by atoms with Crippen molar-refractivity contribution in [3.05, 3.63) is 82.0 Å². The molecule has 0 saturated heterocycles. The molecule has 3 N–H and O–H groups in total. The summed E-state index contributed by atoms with van der Waals surface area (Å²) in [5, 5.41) is 10.7. The number of carbonyl (C=O) groups excluding carboxylic acids is 1. The van der Waals surface area contributed by atoms with E-state index < -0.39 is 0 Å². The van der Waals surface area contributed by atoms with Gasteiger partial charge in [0.25, 0.3) is 0 Å². The minimum absolute atomic E-state index is 0.00762. The number of anilines is 1. The fourth-order valence-electron chi connectivity index (χ4n) is 5.35. The number of amides is 1. The van der Waals surface area contributed by atoms with Crippen LogP contribution in [0.25, 0.3) is 33.6 Å². The Morgan fingerprint density at radius 1 is 1.09 bits per heavy atom. The Morgan fingerprint density at radius 2 is 1.88 bits per heavy atom. The highest BCUT2D eigenvalue weighted by Gasteiger charge is 2.19. The van der Waals surface area contributed by atoms with Gasteiger partial charge in [-0.05, 0) is 30.7 Å². The number of benzene rings is 2. The van der Waals surface area contributed by atoms with Crippen molar-refractivity contribution in [3.63, 3.8) is 0 Å². The molecule has 0 spiro atoms. The molecule has 1 aliphatic heterocycles. The van der Waals surface area contributed by atoms with Crippen molar-refractivity contribution in [2.45, 2.75) is 33.0 Å². The minimum Gasteiger partial charge on any atom is -0.481 e. The summed E-state index contributed by atoms with van der Waals surface area (Å²) in [5.74, 6) is 0.451. The summed E-state index contributed by atoms with van der Waals surface area (Å²) >= 11 is 14.1. The van der Waals surface area contributed by atoms with E-state index in [-0.39, 0.29) is 11.9 Å². The summed E-state index contributed by atoms with van der Waals surface area (Å²) in [4.78, 5) is 23.0. The first-order valence-electron chi connectivity index (χ1n) is 14.3. The summed E-state index contributed by atoms with van der Waals surface area (Å²) in [6.07, 6.45) is 1.77. The molecule has 0 bridgehead atoms. The van der Waals surface area contributed by atoms with Crippen molar-refractivity contribution in [2.24, 2.45) is 0 Å². The highest BCUT2D eigenvalue weighted by Crippen LogP contribution is 2.42. The first kappa shape index (κ1) is 30.8. The Labute approximate surface area is 262 Å². The lowest BCUT2D eigenvalue weighted by Crippen LogP contribution is -2.38. The zero-order chi connectivity index (χ0) is 30.5. The van der Waals surface area contributed by atoms with E-state index in [0.717, 1.165) is 47.5 Å². The van der Waals surface area contributed by atoms with Crippen LogP contribution < -0.4 is 25.6 Å². The van der Waals surface area contributed by atoms with Gasteiger partial charge in [0.2, 0.25) is 11.8 Å². The normalized spacial score (nSPS) is 13.7. The van der Waals surface area contributed by atoms with Crippen molar-refractivity contribution in [2.75, 3.05) is 38.7 Å². The standard InChI is InChI=1S/C33H36Cl2N6O2/c1-20(39-21(2)42)17-37-19-24-10-11-28(40-33(24)43-4)27-7-5-6-25(30(27)34)26-12-13-38-32(31(26)35)22-8-9-23-18-36-14-15-41(3)29(23)16-22/h5-13,16,20,36-37H,14-15,17-19H2,1-4H3,(H,39,42)/t20-/m1/s1. The number of hydrogen-bond donors (Lipinski definition) is 3. The van der Waals surface area contributed by atoms with E-state index >= 15 is 0 Å². The molecule has 0 saturated carbocycles. The van der Waals surface area contributed by atoms with Crippen molar-refractivity contribution >= 4 is 34.8 Å². The molecule has 2 aromatic carbocycles. The summed E-state index contributed by atoms with van der Waals surface area (Å²) < 4.78 is 5.62. The Balaban J connectivity index is 1.43. The van der Waals surface area contributed by atoms with Crippen LogP contribution in [0.2, 0.25) is 10.0 Å². The lowest BCUT2D eigenvalue weighted by Gasteiger charge is -2.20. The average molecular weight is 620 g/mol. The largest absolute Gasteiger partial charge is 0.481 e. The van der Waals surface area contributed by atoms with Gasteiger partial charge in [0.05, 0.1) is 28.5 Å². The molecule has 3 heterocycles. The van der Waals surface area contributed by atoms with E-state index in [1.54, 1.807) is 13.3 Å². The number of carbonyl (C=O) groups is 1. The number of nitrogens with zero attached hydrogens (tertiary/aromatic N) is 3. The van der Waals surface area contributed by atoms with Crippen LogP contribution in [0, 0.1) is 0 Å². The van der Waals surface area contributed by atoms with Gasteiger partial charge in [-0.15, -0.1) is 0 Å². The van der Waals surface area contributed by atoms with Crippen molar-refractivity contribution in [3.8, 4) is 39.5 Å². The second kappa shape index (κ2) is 13.7. The zero-order valence-corrected chi connectivity index (χ0v) is 26.3. The number of methoxy groups -OCH3 is 1. The van der Waals surface area contributed by atoms with Gasteiger partial charge in [-0.3, -0.25) is 9.78 Å². The van der Waals surface area contributed by atoms with E-state index in [0.29, 0.717) is 40.4 Å². The number of nitrogens with one attached hydrogen (secondary N) is 3. The number of hydrogen-bond acceptors (Lipinski definition) is 7. The third-order valence-corrected chi connectivity index (χ3v) is 8.30. The quantitative estimate of drug-likeness (QED) is 0.214. The van der Waals surface area contributed by atoms with Gasteiger partial charge in [0.1, 0.15) is 0 Å². The van der Waals surface area contributed by atoms with Gasteiger partial charge < -0.3 is 25.6 Å². The molecule has 1 aliphatic rings. The first-order valence-corrected chi connectivity index (χ1v) is 15.0. The highest BCUT2D eigenvalue weighted by molar-refractivity contribution is 6.39. The average Bonchev–Trinajstić information content (AvgIpc) is 3.18. The molecule has 8 nitrogen and oxygen atoms in total. The summed E-state index contributed by atoms with van der Waals surface area (Å²) in [5.41, 5.74) is 8.02. The van der Waals surface area contributed by atoms with E-state index in [2.05, 4.69) is 51.1 Å². The molecule has 0 radical (unpaired) electrons. The Morgan fingerprint density at radius 3 is 2.67 bits per heavy atom. The molecule has 2 aromatic heterocycles. The summed E-state index contributed by atoms with van der Waals surface area (Å²) in [6.45, 7) is 7.31. The topological polar surface area (TPSA) is 91.4 Å². The van der Waals surface area contributed by atoms with Crippen LogP contribution in [0.1, 0.15) is 25.0 Å². The predicted molar refractivity (Wildman–Crippen MR) is 175 cm³/mol. The van der Waals surface area contributed by atoms with Gasteiger partial charge in [0.15, 0.2) is 0 Å². The van der Waals surface area contributed by atoms with Gasteiger partial charge in [-0.1, -0.05) is 59.6 Å². The van der Waals surface area contributed by atoms with E-state index in [9.17, 15) is 4.79 Å². The summed E-state index contributed by atoms with van der Waals surface area (Å²) in [7, 11) is 3.70. The Hall–Kier alpha value is -3.69. The van der Waals surface area contributed by atoms with Gasteiger partial charge >= 0.3 is 0 Å². The molecular formula is C33H36Cl2N6O2. The fraction of sp³-hybridized carbons (Fsp3) is 0.303. The SMILES string of the molecule is COc1nc(-c2cccc(-c3ccnc(-c4ccc5c(c4)N(C)CCNC5)c3Cl)c2Cl)ccc1CNC[C@@H](C)NC(C)=O. The van der Waals surface area contributed by atoms with E-state index in [1.165, 1.54) is 18.2 Å². The lowest BCUT2D eigenvalue weighted by atomic mass is 9.99. The molecule has 1 amide bonds. The first-order chi connectivity index (χ1) is 20.8. The van der Waals surface area contributed by atoms with Crippen LogP contribution in [-0.4, -0.2) is 55.7 Å². The molecule has 5 rings (SSSR count). The van der Waals surface area contributed by atoms with Crippen LogP contribution in [0.3, 0.4) is 0 Å². The third-order valence-electron chi connectivity index (χ3n) is 7.51. The van der Waals surface area contributed by atoms with E-state index in [4.69, 9.17) is 32.9 Å². The number of pyridine rings is 2. The zero-order valence-electron chi connectivity index (χ0n) is 24.8. The van der Waals surface area contributed by atoms with Crippen molar-refractivity contribution < 1.29 is 9.53 Å². The fourth-order valence-corrected chi connectivity index (χ4v) is 6.00. The predicted octanol–water partition coefficient (Wildman–Crippen LogP) is 5.95. The monoisotopic (exact) mass is 618 g/mol. The maximum Gasteiger partial charge on any atom is 0.218 e. The number of rotatable bonds is 9. The van der Waals surface area contributed by atoms with Crippen LogP contribution in [0.5, 0.6) is 5.88 Å². The molecule has 43 heavy (non-hydrogen) atoms. The van der Waals surface area contributed by atoms with Gasteiger partial charge in [0, 0.05) is 92.4 Å². The van der Waals surface area contributed by atoms with Crippen LogP contribution in [0.4, 0.5) is 5.69 Å². The van der Waals surface area contributed by atoms with Crippen LogP contribution in [0.15, 0.2) is 60.8 Å². The molecule has 0 unspecified atom stereocenters. The molecule has 0 aliphatic carbocycles. The van der Waals surface area contributed by atoms with Crippen LogP contribution in [-0.2, 0) is 17.9 Å². The molecule has 1 atom stereocenters. The lowest BCUT2D eigenvalue weighted by molar-refractivity contribution is -0.119. The number of likely N-dealkylation sites (N-methyl/N-ethyl adjacent to an activating group) is 1. The van der Waals surface area contributed by atoms with Crippen LogP contribution >= 0.6 is 23.2 Å². The second-order valence-corrected chi connectivity index (χ2v) is 11.5. The third kappa shape index (κ3) is 6.94. The number of fused-ring (bicyclic) bond motifs is 1. The molecule has 0 fully saturated rings. The molecular weight excluding hydrogens is 583 g/mol. The number of ether oxygens (including phenoxy) is 1. The number of halogens is 2. The minimum atomic E-state index is -0.0548. The number of aromatic nitrogens is 2.